The fraction of sp³-hybridized carbons (Fsp3) is 0.636. The molecule has 102 valence electrons. The number of thioether (sulfide) groups is 2. The lowest BCUT2D eigenvalue weighted by Gasteiger charge is -2.29. The van der Waals surface area contributed by atoms with Crippen molar-refractivity contribution in [2.45, 2.75) is 37.6 Å². The molecule has 0 saturated heterocycles. The van der Waals surface area contributed by atoms with Gasteiger partial charge in [-0.1, -0.05) is 23.5 Å². The molecule has 0 bridgehead atoms. The van der Waals surface area contributed by atoms with Crippen LogP contribution in [0.25, 0.3) is 0 Å². The molecule has 0 aliphatic carbocycles. The molecule has 0 spiro atoms. The minimum atomic E-state index is -0.706. The van der Waals surface area contributed by atoms with E-state index in [1.807, 2.05) is 26.2 Å². The summed E-state index contributed by atoms with van der Waals surface area (Å²) in [5, 5.41) is 7.64. The van der Waals surface area contributed by atoms with E-state index >= 15 is 0 Å². The predicted octanol–water partition coefficient (Wildman–Crippen LogP) is 1.62. The number of nitrogens with one attached hydrogen (secondary N) is 2. The minimum absolute atomic E-state index is 0.157. The van der Waals surface area contributed by atoms with Gasteiger partial charge >= 0.3 is 5.97 Å². The van der Waals surface area contributed by atoms with E-state index in [9.17, 15) is 9.59 Å². The van der Waals surface area contributed by atoms with Gasteiger partial charge in [-0.15, -0.1) is 0 Å². The molecule has 1 aliphatic rings. The average molecular weight is 290 g/mol. The Morgan fingerprint density at radius 3 is 2.61 bits per heavy atom. The molecule has 1 atom stereocenters. The molecule has 0 aromatic heterocycles. The van der Waals surface area contributed by atoms with Crippen LogP contribution in [0.15, 0.2) is 11.6 Å². The highest BCUT2D eigenvalue weighted by Gasteiger charge is 2.34. The standard InChI is InChI=1S/C11H18N2O3S2/c1-8(14)13-11(12-5-6-17-11)18-7-9(15)16-10(2,3)4/h5-6,12H,7H2,1-4H3,(H,13,14). The third-order valence-corrected chi connectivity index (χ3v) is 4.20. The molecule has 2 N–H and O–H groups in total. The fourth-order valence-electron chi connectivity index (χ4n) is 1.25. The Morgan fingerprint density at radius 1 is 1.50 bits per heavy atom. The molecule has 1 unspecified atom stereocenters. The van der Waals surface area contributed by atoms with Crippen molar-refractivity contribution in [2.75, 3.05) is 5.75 Å². The van der Waals surface area contributed by atoms with Gasteiger partial charge < -0.3 is 15.4 Å². The quantitative estimate of drug-likeness (QED) is 0.606. The number of esters is 1. The van der Waals surface area contributed by atoms with E-state index in [1.54, 1.807) is 6.20 Å². The van der Waals surface area contributed by atoms with Crippen molar-refractivity contribution in [3.05, 3.63) is 11.6 Å². The maximum atomic E-state index is 11.6. The average Bonchev–Trinajstić information content (AvgIpc) is 2.60. The van der Waals surface area contributed by atoms with Crippen LogP contribution in [0.1, 0.15) is 27.7 Å². The van der Waals surface area contributed by atoms with Gasteiger partial charge in [0.25, 0.3) is 0 Å². The van der Waals surface area contributed by atoms with Gasteiger partial charge in [-0.05, 0) is 26.2 Å². The molecule has 1 heterocycles. The summed E-state index contributed by atoms with van der Waals surface area (Å²) in [7, 11) is 0. The summed E-state index contributed by atoms with van der Waals surface area (Å²) in [5.74, 6) is -0.291. The second-order valence-corrected chi connectivity index (χ2v) is 7.31. The van der Waals surface area contributed by atoms with Crippen LogP contribution in [0, 0.1) is 0 Å². The van der Waals surface area contributed by atoms with Gasteiger partial charge in [0.2, 0.25) is 10.2 Å². The van der Waals surface area contributed by atoms with Crippen LogP contribution >= 0.6 is 23.5 Å². The number of amides is 1. The van der Waals surface area contributed by atoms with E-state index < -0.39 is 9.93 Å². The molecular formula is C11H18N2O3S2. The monoisotopic (exact) mass is 290 g/mol. The topological polar surface area (TPSA) is 67.4 Å². The van der Waals surface area contributed by atoms with Gasteiger partial charge in [0, 0.05) is 13.1 Å². The highest BCUT2D eigenvalue weighted by atomic mass is 32.2. The van der Waals surface area contributed by atoms with Crippen LogP contribution in [-0.4, -0.2) is 27.6 Å². The van der Waals surface area contributed by atoms with Crippen molar-refractivity contribution >= 4 is 35.4 Å². The number of ether oxygens (including phenoxy) is 1. The van der Waals surface area contributed by atoms with E-state index in [1.165, 1.54) is 30.4 Å². The predicted molar refractivity (Wildman–Crippen MR) is 74.7 cm³/mol. The second-order valence-electron chi connectivity index (χ2n) is 4.74. The third-order valence-electron chi connectivity index (χ3n) is 1.73. The van der Waals surface area contributed by atoms with Crippen LogP contribution < -0.4 is 10.6 Å². The zero-order valence-electron chi connectivity index (χ0n) is 10.9. The Morgan fingerprint density at radius 2 is 2.17 bits per heavy atom. The molecule has 1 aliphatic heterocycles. The number of carbonyl (C=O) groups excluding carboxylic acids is 2. The van der Waals surface area contributed by atoms with Gasteiger partial charge in [0.1, 0.15) is 5.60 Å². The molecule has 0 saturated carbocycles. The normalized spacial score (nSPS) is 22.4. The van der Waals surface area contributed by atoms with Crippen molar-refractivity contribution in [1.82, 2.24) is 10.6 Å². The molecule has 18 heavy (non-hydrogen) atoms. The maximum Gasteiger partial charge on any atom is 0.316 e. The number of hydrogen-bond acceptors (Lipinski definition) is 6. The van der Waals surface area contributed by atoms with Crippen LogP contribution in [0.2, 0.25) is 0 Å². The largest absolute Gasteiger partial charge is 0.459 e. The Hall–Kier alpha value is -0.820. The summed E-state index contributed by atoms with van der Waals surface area (Å²) in [5.41, 5.74) is -0.493. The Labute approximate surface area is 115 Å². The van der Waals surface area contributed by atoms with Gasteiger partial charge in [0.15, 0.2) is 0 Å². The van der Waals surface area contributed by atoms with Crippen LogP contribution in [-0.2, 0) is 14.3 Å². The maximum absolute atomic E-state index is 11.6. The number of hydrogen-bond donors (Lipinski definition) is 2. The SMILES string of the molecule is CC(=O)NC1(SCC(=O)OC(C)(C)C)NC=CS1. The molecule has 1 amide bonds. The summed E-state index contributed by atoms with van der Waals surface area (Å²) in [6.07, 6.45) is 1.74. The molecule has 0 radical (unpaired) electrons. The van der Waals surface area contributed by atoms with Crippen LogP contribution in [0.4, 0.5) is 0 Å². The summed E-state index contributed by atoms with van der Waals surface area (Å²) in [6, 6.07) is 0. The Kier molecular flexibility index (Phi) is 4.98. The summed E-state index contributed by atoms with van der Waals surface area (Å²) in [4.78, 5) is 22.8. The van der Waals surface area contributed by atoms with Gasteiger partial charge in [0.05, 0.1) is 5.75 Å². The van der Waals surface area contributed by atoms with E-state index in [2.05, 4.69) is 10.6 Å². The highest BCUT2D eigenvalue weighted by Crippen LogP contribution is 2.36. The van der Waals surface area contributed by atoms with E-state index in [0.717, 1.165) is 0 Å². The smallest absolute Gasteiger partial charge is 0.316 e. The first-order valence-corrected chi connectivity index (χ1v) is 7.34. The van der Waals surface area contributed by atoms with E-state index in [0.29, 0.717) is 0 Å². The first-order valence-electron chi connectivity index (χ1n) is 5.47. The molecule has 1 rings (SSSR count). The molecule has 5 nitrogen and oxygen atoms in total. The zero-order chi connectivity index (χ0) is 13.8. The second kappa shape index (κ2) is 5.88. The lowest BCUT2D eigenvalue weighted by molar-refractivity contribution is -0.151. The zero-order valence-corrected chi connectivity index (χ0v) is 12.5. The van der Waals surface area contributed by atoms with Crippen molar-refractivity contribution in [3.8, 4) is 0 Å². The first kappa shape index (κ1) is 15.2. The third kappa shape index (κ3) is 5.22. The van der Waals surface area contributed by atoms with Gasteiger partial charge in [-0.2, -0.15) is 0 Å². The minimum Gasteiger partial charge on any atom is -0.459 e. The van der Waals surface area contributed by atoms with Crippen LogP contribution in [0.5, 0.6) is 0 Å². The van der Waals surface area contributed by atoms with Gasteiger partial charge in [-0.25, -0.2) is 0 Å². The Balaban J connectivity index is 2.48. The fourth-order valence-corrected chi connectivity index (χ4v) is 3.28. The molecule has 0 aromatic carbocycles. The summed E-state index contributed by atoms with van der Waals surface area (Å²) in [6.45, 7) is 6.91. The van der Waals surface area contributed by atoms with Crippen molar-refractivity contribution in [1.29, 1.82) is 0 Å². The summed E-state index contributed by atoms with van der Waals surface area (Å²) >= 11 is 2.70. The highest BCUT2D eigenvalue weighted by molar-refractivity contribution is 8.19. The van der Waals surface area contributed by atoms with Crippen molar-refractivity contribution in [2.24, 2.45) is 0 Å². The number of carbonyl (C=O) groups is 2. The molecule has 7 heteroatoms. The first-order chi connectivity index (χ1) is 8.22. The van der Waals surface area contributed by atoms with Crippen LogP contribution in [0.3, 0.4) is 0 Å². The molecule has 0 aromatic rings. The lowest BCUT2D eigenvalue weighted by Crippen LogP contribution is -2.49. The van der Waals surface area contributed by atoms with E-state index in [4.69, 9.17) is 4.74 Å². The summed E-state index contributed by atoms with van der Waals surface area (Å²) < 4.78 is 4.51. The number of rotatable bonds is 4. The van der Waals surface area contributed by atoms with E-state index in [-0.39, 0.29) is 17.6 Å². The van der Waals surface area contributed by atoms with Gasteiger partial charge in [-0.3, -0.25) is 9.59 Å². The van der Waals surface area contributed by atoms with Crippen molar-refractivity contribution < 1.29 is 14.3 Å². The van der Waals surface area contributed by atoms with Crippen molar-refractivity contribution in [3.63, 3.8) is 0 Å². The Bertz CT molecular complexity index is 356. The molecule has 0 fully saturated rings. The lowest BCUT2D eigenvalue weighted by atomic mass is 10.2. The molecular weight excluding hydrogens is 272 g/mol.